The fourth-order valence-corrected chi connectivity index (χ4v) is 3.45. The largest absolute Gasteiger partial charge is 0.370 e. The smallest absolute Gasteiger partial charge is 0.269 e. The van der Waals surface area contributed by atoms with E-state index in [1.54, 1.807) is 0 Å². The van der Waals surface area contributed by atoms with Crippen molar-refractivity contribution in [2.75, 3.05) is 39.4 Å². The molecule has 8 heteroatoms. The molecule has 2 aromatic rings. The minimum atomic E-state index is -0.457. The van der Waals surface area contributed by atoms with Gasteiger partial charge in [0.05, 0.1) is 31.2 Å². The zero-order chi connectivity index (χ0) is 19.9. The fraction of sp³-hybridized carbons (Fsp3) is 0.450. The van der Waals surface area contributed by atoms with Gasteiger partial charge in [0.15, 0.2) is 0 Å². The van der Waals surface area contributed by atoms with E-state index in [0.29, 0.717) is 18.7 Å². The van der Waals surface area contributed by atoms with Crippen LogP contribution in [0.15, 0.2) is 42.6 Å². The second-order valence-corrected chi connectivity index (χ2v) is 7.11. The summed E-state index contributed by atoms with van der Waals surface area (Å²) in [6.07, 6.45) is 2.86. The maximum atomic E-state index is 13.1. The van der Waals surface area contributed by atoms with Crippen LogP contribution in [0.25, 0.3) is 0 Å². The highest BCUT2D eigenvalue weighted by Gasteiger charge is 2.20. The number of nitro benzene ring substituents is 1. The number of quaternary nitrogens is 1. The van der Waals surface area contributed by atoms with Crippen molar-refractivity contribution in [2.45, 2.75) is 13.0 Å². The van der Waals surface area contributed by atoms with Gasteiger partial charge >= 0.3 is 0 Å². The summed E-state index contributed by atoms with van der Waals surface area (Å²) in [7, 11) is 1.96. The van der Waals surface area contributed by atoms with Crippen molar-refractivity contribution < 1.29 is 19.4 Å². The Balaban J connectivity index is 1.67. The number of hydrogen-bond acceptors (Lipinski definition) is 4. The average Bonchev–Trinajstić information content (AvgIpc) is 3.12. The van der Waals surface area contributed by atoms with Gasteiger partial charge in [0.25, 0.3) is 11.6 Å². The molecule has 0 spiro atoms. The molecule has 1 saturated heterocycles. The summed E-state index contributed by atoms with van der Waals surface area (Å²) < 4.78 is 7.40. The number of aryl methyl sites for hydroxylation is 1. The van der Waals surface area contributed by atoms with Gasteiger partial charge in [0, 0.05) is 49.6 Å². The van der Waals surface area contributed by atoms with Crippen LogP contribution < -0.4 is 4.90 Å². The van der Waals surface area contributed by atoms with Crippen molar-refractivity contribution in [3.05, 3.63) is 64.0 Å². The summed E-state index contributed by atoms with van der Waals surface area (Å²) in [5.74, 6) is -0.104. The highest BCUT2D eigenvalue weighted by Crippen LogP contribution is 2.15. The van der Waals surface area contributed by atoms with Gasteiger partial charge in [-0.05, 0) is 24.3 Å². The second-order valence-electron chi connectivity index (χ2n) is 7.11. The molecule has 0 saturated carbocycles. The van der Waals surface area contributed by atoms with E-state index in [1.165, 1.54) is 29.2 Å². The van der Waals surface area contributed by atoms with Crippen LogP contribution in [0.3, 0.4) is 0 Å². The van der Waals surface area contributed by atoms with E-state index in [-0.39, 0.29) is 11.6 Å². The van der Waals surface area contributed by atoms with Gasteiger partial charge in [-0.25, -0.2) is 0 Å². The summed E-state index contributed by atoms with van der Waals surface area (Å²) in [6, 6.07) is 9.79. The summed E-state index contributed by atoms with van der Waals surface area (Å²) in [5, 5.41) is 10.9. The first-order chi connectivity index (χ1) is 13.5. The number of morpholine rings is 1. The van der Waals surface area contributed by atoms with E-state index >= 15 is 0 Å². The first-order valence-electron chi connectivity index (χ1n) is 9.60. The van der Waals surface area contributed by atoms with E-state index in [4.69, 9.17) is 4.74 Å². The van der Waals surface area contributed by atoms with Gasteiger partial charge in [-0.1, -0.05) is 0 Å². The third kappa shape index (κ3) is 5.17. The lowest BCUT2D eigenvalue weighted by Gasteiger charge is -2.26. The average molecular weight is 387 g/mol. The zero-order valence-electron chi connectivity index (χ0n) is 16.2. The molecule has 1 fully saturated rings. The Hall–Kier alpha value is -2.71. The molecule has 1 amide bonds. The summed E-state index contributed by atoms with van der Waals surface area (Å²) in [5.41, 5.74) is 1.51. The van der Waals surface area contributed by atoms with Crippen LogP contribution in [-0.4, -0.2) is 59.7 Å². The minimum Gasteiger partial charge on any atom is -0.370 e. The van der Waals surface area contributed by atoms with Crippen LogP contribution in [0.4, 0.5) is 5.69 Å². The van der Waals surface area contributed by atoms with Gasteiger partial charge in [0.2, 0.25) is 0 Å². The fourth-order valence-electron chi connectivity index (χ4n) is 3.45. The number of nitrogens with zero attached hydrogens (tertiary/aromatic N) is 3. The number of carbonyl (C=O) groups excluding carboxylic acids is 1. The lowest BCUT2D eigenvalue weighted by atomic mass is 10.1. The number of aromatic nitrogens is 1. The third-order valence-corrected chi connectivity index (χ3v) is 5.17. The van der Waals surface area contributed by atoms with Crippen LogP contribution in [-0.2, 0) is 18.3 Å². The highest BCUT2D eigenvalue weighted by molar-refractivity contribution is 5.94. The van der Waals surface area contributed by atoms with E-state index in [0.717, 1.165) is 45.0 Å². The van der Waals surface area contributed by atoms with Crippen molar-refractivity contribution in [3.63, 3.8) is 0 Å². The van der Waals surface area contributed by atoms with Crippen molar-refractivity contribution in [3.8, 4) is 0 Å². The number of nitrogens with one attached hydrogen (secondary N) is 1. The van der Waals surface area contributed by atoms with Crippen LogP contribution in [0, 0.1) is 10.1 Å². The second kappa shape index (κ2) is 9.48. The molecule has 1 aliphatic heterocycles. The standard InChI is InChI=1S/C20H26N4O4/c1-21-9-2-4-19(21)16-23(11-3-10-22-12-14-28-15-13-22)20(25)17-5-7-18(8-6-17)24(26)27/h2,4-9H,3,10-16H2,1H3/p+1. The quantitative estimate of drug-likeness (QED) is 0.539. The Labute approximate surface area is 164 Å². The third-order valence-electron chi connectivity index (χ3n) is 5.17. The highest BCUT2D eigenvalue weighted by atomic mass is 16.6. The van der Waals surface area contributed by atoms with Gasteiger partial charge in [-0.2, -0.15) is 0 Å². The van der Waals surface area contributed by atoms with Crippen molar-refractivity contribution in [1.29, 1.82) is 0 Å². The Kier molecular flexibility index (Phi) is 6.78. The van der Waals surface area contributed by atoms with Crippen molar-refractivity contribution in [2.24, 2.45) is 7.05 Å². The molecular weight excluding hydrogens is 360 g/mol. The molecule has 1 aromatic carbocycles. The SMILES string of the molecule is Cn1cccc1CN(CCC[NH+]1CCOCC1)C(=O)c1ccc([N+](=O)[O-])cc1. The topological polar surface area (TPSA) is 82.0 Å². The number of rotatable bonds is 8. The van der Waals surface area contributed by atoms with Gasteiger partial charge in [0.1, 0.15) is 13.1 Å². The molecule has 0 radical (unpaired) electrons. The first kappa shape index (κ1) is 20.0. The molecule has 1 N–H and O–H groups in total. The number of carbonyl (C=O) groups is 1. The number of benzene rings is 1. The zero-order valence-corrected chi connectivity index (χ0v) is 16.2. The van der Waals surface area contributed by atoms with Gasteiger partial charge in [-0.3, -0.25) is 14.9 Å². The molecule has 1 aromatic heterocycles. The molecule has 0 atom stereocenters. The monoisotopic (exact) mass is 387 g/mol. The molecule has 3 rings (SSSR count). The Morgan fingerprint density at radius 1 is 1.25 bits per heavy atom. The van der Waals surface area contributed by atoms with Crippen molar-refractivity contribution >= 4 is 11.6 Å². The summed E-state index contributed by atoms with van der Waals surface area (Å²) in [6.45, 7) is 5.76. The number of non-ortho nitro benzene ring substituents is 1. The number of ether oxygens (including phenoxy) is 1. The minimum absolute atomic E-state index is 0.0125. The van der Waals surface area contributed by atoms with Crippen LogP contribution in [0.5, 0.6) is 0 Å². The Morgan fingerprint density at radius 2 is 1.96 bits per heavy atom. The molecular formula is C20H27N4O4+. The molecule has 1 aliphatic rings. The van der Waals surface area contributed by atoms with E-state index in [1.807, 2.05) is 34.8 Å². The van der Waals surface area contributed by atoms with Crippen LogP contribution in [0.2, 0.25) is 0 Å². The molecule has 150 valence electrons. The van der Waals surface area contributed by atoms with Crippen molar-refractivity contribution in [1.82, 2.24) is 9.47 Å². The van der Waals surface area contributed by atoms with E-state index in [9.17, 15) is 14.9 Å². The molecule has 0 unspecified atom stereocenters. The maximum absolute atomic E-state index is 13.1. The molecule has 0 bridgehead atoms. The first-order valence-corrected chi connectivity index (χ1v) is 9.60. The normalized spacial score (nSPS) is 14.8. The molecule has 2 heterocycles. The predicted molar refractivity (Wildman–Crippen MR) is 104 cm³/mol. The number of nitro groups is 1. The predicted octanol–water partition coefficient (Wildman–Crippen LogP) is 0.881. The Morgan fingerprint density at radius 3 is 2.57 bits per heavy atom. The maximum Gasteiger partial charge on any atom is 0.269 e. The molecule has 28 heavy (non-hydrogen) atoms. The molecule has 0 aliphatic carbocycles. The van der Waals surface area contributed by atoms with E-state index in [2.05, 4.69) is 0 Å². The van der Waals surface area contributed by atoms with Gasteiger partial charge < -0.3 is 19.1 Å². The lowest BCUT2D eigenvalue weighted by molar-refractivity contribution is -0.908. The summed E-state index contributed by atoms with van der Waals surface area (Å²) >= 11 is 0. The van der Waals surface area contributed by atoms with Gasteiger partial charge in [-0.15, -0.1) is 0 Å². The molecule has 8 nitrogen and oxygen atoms in total. The lowest BCUT2D eigenvalue weighted by Crippen LogP contribution is -3.14. The number of hydrogen-bond donors (Lipinski definition) is 1. The Bertz CT molecular complexity index is 797. The van der Waals surface area contributed by atoms with Crippen LogP contribution in [0.1, 0.15) is 22.5 Å². The van der Waals surface area contributed by atoms with Crippen LogP contribution >= 0.6 is 0 Å². The number of amides is 1. The summed E-state index contributed by atoms with van der Waals surface area (Å²) in [4.78, 5) is 26.8. The van der Waals surface area contributed by atoms with E-state index < -0.39 is 4.92 Å².